The zero-order valence-electron chi connectivity index (χ0n) is 5.74. The lowest BCUT2D eigenvalue weighted by Crippen LogP contribution is -2.10. The fourth-order valence-corrected chi connectivity index (χ4v) is 5.61. The van der Waals surface area contributed by atoms with Gasteiger partial charge in [-0.05, 0) is 12.8 Å². The van der Waals surface area contributed by atoms with Crippen molar-refractivity contribution in [3.05, 3.63) is 0 Å². The van der Waals surface area contributed by atoms with E-state index in [1.54, 1.807) is 0 Å². The summed E-state index contributed by atoms with van der Waals surface area (Å²) in [5.74, 6) is 0.109. The largest absolute Gasteiger partial charge is 0.243 e. The molecule has 0 spiro atoms. The Hall–Kier alpha value is 0.1000. The molecule has 0 aliphatic carbocycles. The van der Waals surface area contributed by atoms with E-state index in [0.29, 0.717) is 12.8 Å². The van der Waals surface area contributed by atoms with Crippen LogP contribution in [0, 0.1) is 0 Å². The van der Waals surface area contributed by atoms with Gasteiger partial charge in [0.05, 0.1) is 11.0 Å². The molecule has 0 amide bonds. The van der Waals surface area contributed by atoms with Gasteiger partial charge < -0.3 is 0 Å². The van der Waals surface area contributed by atoms with E-state index in [-0.39, 0.29) is 11.0 Å². The van der Waals surface area contributed by atoms with Gasteiger partial charge in [-0.15, -0.1) is 0 Å². The van der Waals surface area contributed by atoms with Crippen LogP contribution in [0.1, 0.15) is 19.8 Å². The third-order valence-electron chi connectivity index (χ3n) is 1.67. The zero-order valence-corrected chi connectivity index (χ0v) is 7.37. The molecule has 2 unspecified atom stereocenters. The standard InChI is InChI=1S/C5H10O3S2/c1-2-5-3-4-10(7,8)9(5)6/h5H,2-4H2,1H3. The Morgan fingerprint density at radius 2 is 2.20 bits per heavy atom. The van der Waals surface area contributed by atoms with Crippen LogP contribution in [0.3, 0.4) is 0 Å². The average molecular weight is 182 g/mol. The molecule has 5 heteroatoms. The summed E-state index contributed by atoms with van der Waals surface area (Å²) in [7, 11) is -4.81. The van der Waals surface area contributed by atoms with Crippen molar-refractivity contribution in [1.82, 2.24) is 0 Å². The van der Waals surface area contributed by atoms with Gasteiger partial charge in [-0.3, -0.25) is 0 Å². The lowest BCUT2D eigenvalue weighted by atomic mass is 10.3. The van der Waals surface area contributed by atoms with E-state index in [2.05, 4.69) is 0 Å². The molecule has 0 radical (unpaired) electrons. The van der Waals surface area contributed by atoms with Gasteiger partial charge in [-0.2, -0.15) is 0 Å². The highest BCUT2D eigenvalue weighted by molar-refractivity contribution is 8.64. The molecule has 10 heavy (non-hydrogen) atoms. The van der Waals surface area contributed by atoms with E-state index >= 15 is 0 Å². The molecule has 1 heterocycles. The lowest BCUT2D eigenvalue weighted by molar-refractivity contribution is 0.608. The summed E-state index contributed by atoms with van der Waals surface area (Å²) in [6, 6.07) is 0. The topological polar surface area (TPSA) is 51.2 Å². The van der Waals surface area contributed by atoms with Crippen molar-refractivity contribution in [2.45, 2.75) is 25.0 Å². The van der Waals surface area contributed by atoms with Crippen LogP contribution in [0.25, 0.3) is 0 Å². The third kappa shape index (κ3) is 1.25. The van der Waals surface area contributed by atoms with Gasteiger partial charge in [0.15, 0.2) is 0 Å². The van der Waals surface area contributed by atoms with Gasteiger partial charge in [-0.1, -0.05) is 6.92 Å². The molecule has 0 aromatic carbocycles. The van der Waals surface area contributed by atoms with Crippen LogP contribution in [0.2, 0.25) is 0 Å². The van der Waals surface area contributed by atoms with Crippen molar-refractivity contribution in [3.8, 4) is 0 Å². The predicted octanol–water partition coefficient (Wildman–Crippen LogP) is 0.247. The normalized spacial score (nSPS) is 38.1. The maximum absolute atomic E-state index is 11.0. The molecule has 1 rings (SSSR count). The van der Waals surface area contributed by atoms with Crippen molar-refractivity contribution in [3.63, 3.8) is 0 Å². The van der Waals surface area contributed by atoms with Gasteiger partial charge >= 0.3 is 0 Å². The highest BCUT2D eigenvalue weighted by Crippen LogP contribution is 2.22. The van der Waals surface area contributed by atoms with E-state index in [9.17, 15) is 12.6 Å². The third-order valence-corrected chi connectivity index (χ3v) is 6.84. The number of hydrogen-bond donors (Lipinski definition) is 0. The molecule has 1 saturated heterocycles. The minimum absolute atomic E-state index is 0.106. The summed E-state index contributed by atoms with van der Waals surface area (Å²) in [5.41, 5.74) is 0. The van der Waals surface area contributed by atoms with Crippen LogP contribution >= 0.6 is 0 Å². The van der Waals surface area contributed by atoms with Gasteiger partial charge in [0.25, 0.3) is 0 Å². The summed E-state index contributed by atoms with van der Waals surface area (Å²) < 4.78 is 32.6. The molecule has 0 bridgehead atoms. The van der Waals surface area contributed by atoms with Crippen molar-refractivity contribution in [2.75, 3.05) is 5.75 Å². The predicted molar refractivity (Wildman–Crippen MR) is 40.6 cm³/mol. The maximum atomic E-state index is 11.0. The molecule has 1 aliphatic rings. The molecule has 0 aromatic rings. The molecule has 60 valence electrons. The molecule has 2 atom stereocenters. The van der Waals surface area contributed by atoms with Gasteiger partial charge in [0.2, 0.25) is 8.87 Å². The molecule has 3 nitrogen and oxygen atoms in total. The highest BCUT2D eigenvalue weighted by atomic mass is 33.2. The number of hydrogen-bond acceptors (Lipinski definition) is 3. The fourth-order valence-electron chi connectivity index (χ4n) is 1.00. The Morgan fingerprint density at radius 1 is 1.60 bits per heavy atom. The Kier molecular flexibility index (Phi) is 2.15. The Morgan fingerprint density at radius 3 is 2.40 bits per heavy atom. The summed E-state index contributed by atoms with van der Waals surface area (Å²) >= 11 is 0. The monoisotopic (exact) mass is 182 g/mol. The second-order valence-electron chi connectivity index (χ2n) is 2.34. The molecule has 1 aliphatic heterocycles. The van der Waals surface area contributed by atoms with Crippen LogP contribution in [-0.4, -0.2) is 23.6 Å². The molecular formula is C5H10O3S2. The van der Waals surface area contributed by atoms with Gasteiger partial charge in [0, 0.05) is 0 Å². The molecule has 0 N–H and O–H groups in total. The first-order valence-corrected chi connectivity index (χ1v) is 6.60. The zero-order chi connectivity index (χ0) is 7.78. The molecule has 0 aromatic heterocycles. The van der Waals surface area contributed by atoms with Crippen LogP contribution in [0.4, 0.5) is 0 Å². The smallest absolute Gasteiger partial charge is 0.229 e. The maximum Gasteiger partial charge on any atom is 0.229 e. The van der Waals surface area contributed by atoms with Crippen molar-refractivity contribution >= 4 is 18.7 Å². The van der Waals surface area contributed by atoms with Crippen molar-refractivity contribution in [1.29, 1.82) is 0 Å². The van der Waals surface area contributed by atoms with Crippen molar-refractivity contribution in [2.24, 2.45) is 0 Å². The lowest BCUT2D eigenvalue weighted by Gasteiger charge is -1.98. The van der Waals surface area contributed by atoms with E-state index in [1.807, 2.05) is 6.92 Å². The highest BCUT2D eigenvalue weighted by Gasteiger charge is 2.35. The van der Waals surface area contributed by atoms with Crippen LogP contribution in [0.5, 0.6) is 0 Å². The first-order valence-electron chi connectivity index (χ1n) is 3.21. The van der Waals surface area contributed by atoms with Crippen LogP contribution in [0.15, 0.2) is 0 Å². The minimum Gasteiger partial charge on any atom is -0.243 e. The van der Waals surface area contributed by atoms with Crippen molar-refractivity contribution < 1.29 is 12.6 Å². The minimum atomic E-state index is -3.21. The van der Waals surface area contributed by atoms with Gasteiger partial charge in [0.1, 0.15) is 9.83 Å². The van der Waals surface area contributed by atoms with Crippen LogP contribution < -0.4 is 0 Å². The molecular weight excluding hydrogens is 172 g/mol. The Bertz CT molecular complexity index is 242. The first kappa shape index (κ1) is 8.20. The Labute approximate surface area is 62.6 Å². The summed E-state index contributed by atoms with van der Waals surface area (Å²) in [6.07, 6.45) is 1.28. The molecule has 1 fully saturated rings. The van der Waals surface area contributed by atoms with E-state index in [0.717, 1.165) is 0 Å². The second-order valence-corrected chi connectivity index (χ2v) is 7.56. The Balaban J connectivity index is 2.88. The number of rotatable bonds is 1. The van der Waals surface area contributed by atoms with E-state index in [4.69, 9.17) is 0 Å². The first-order chi connectivity index (χ1) is 4.58. The van der Waals surface area contributed by atoms with Crippen LogP contribution in [-0.2, 0) is 18.7 Å². The second kappa shape index (κ2) is 2.62. The average Bonchev–Trinajstić information content (AvgIpc) is 2.10. The quantitative estimate of drug-likeness (QED) is 0.546. The van der Waals surface area contributed by atoms with E-state index in [1.165, 1.54) is 0 Å². The summed E-state index contributed by atoms with van der Waals surface area (Å²) in [5, 5.41) is -0.106. The van der Waals surface area contributed by atoms with E-state index < -0.39 is 18.7 Å². The SMILES string of the molecule is CCC1CCS(=O)(=O)S1=O. The van der Waals surface area contributed by atoms with Gasteiger partial charge in [-0.25, -0.2) is 12.6 Å². The molecule has 0 saturated carbocycles. The summed E-state index contributed by atoms with van der Waals surface area (Å²) in [6.45, 7) is 1.86. The fraction of sp³-hybridized carbons (Fsp3) is 1.00. The summed E-state index contributed by atoms with van der Waals surface area (Å²) in [4.78, 5) is 0.